The molecule has 1 aromatic rings. The van der Waals surface area contributed by atoms with Gasteiger partial charge in [-0.15, -0.1) is 0 Å². The Bertz CT molecular complexity index is 462. The lowest BCUT2D eigenvalue weighted by molar-refractivity contribution is -0.126. The number of carbonyl (C=O) groups is 2. The summed E-state index contributed by atoms with van der Waals surface area (Å²) >= 11 is 3.33. The van der Waals surface area contributed by atoms with Gasteiger partial charge in [0.05, 0.1) is 11.6 Å². The normalized spacial score (nSPS) is 19.5. The summed E-state index contributed by atoms with van der Waals surface area (Å²) in [5, 5.41) is 2.87. The van der Waals surface area contributed by atoms with Crippen LogP contribution in [0.15, 0.2) is 28.7 Å². The maximum atomic E-state index is 12.0. The van der Waals surface area contributed by atoms with E-state index in [9.17, 15) is 9.59 Å². The molecule has 0 spiro atoms. The van der Waals surface area contributed by atoms with Gasteiger partial charge in [-0.25, -0.2) is 0 Å². The highest BCUT2D eigenvalue weighted by molar-refractivity contribution is 9.10. The first-order valence-corrected chi connectivity index (χ1v) is 6.16. The van der Waals surface area contributed by atoms with E-state index in [-0.39, 0.29) is 17.9 Å². The molecule has 1 saturated heterocycles. The molecule has 1 unspecified atom stereocenters. The van der Waals surface area contributed by atoms with E-state index in [0.717, 1.165) is 4.47 Å². The van der Waals surface area contributed by atoms with Crippen molar-refractivity contribution in [1.82, 2.24) is 10.2 Å². The average molecular weight is 297 g/mol. The molecular weight excluding hydrogens is 284 g/mol. The summed E-state index contributed by atoms with van der Waals surface area (Å²) < 4.78 is 0.759. The number of likely N-dealkylation sites (tertiary alicyclic amines) is 1. The van der Waals surface area contributed by atoms with Gasteiger partial charge in [0.1, 0.15) is 0 Å². The third-order valence-electron chi connectivity index (χ3n) is 2.79. The first kappa shape index (κ1) is 12.1. The largest absolute Gasteiger partial charge is 0.347 e. The summed E-state index contributed by atoms with van der Waals surface area (Å²) in [5.41, 5.74) is 0.592. The van der Waals surface area contributed by atoms with E-state index in [0.29, 0.717) is 18.5 Å². The zero-order valence-electron chi connectivity index (χ0n) is 9.44. The minimum Gasteiger partial charge on any atom is -0.347 e. The summed E-state index contributed by atoms with van der Waals surface area (Å²) in [7, 11) is 1.74. The molecular formula is C12H13BrN2O2. The maximum Gasteiger partial charge on any atom is 0.252 e. The number of nitrogens with one attached hydrogen (secondary N) is 1. The molecule has 90 valence electrons. The van der Waals surface area contributed by atoms with Crippen LogP contribution in [0.3, 0.4) is 0 Å². The zero-order valence-corrected chi connectivity index (χ0v) is 11.0. The molecule has 1 aliphatic rings. The maximum absolute atomic E-state index is 12.0. The molecule has 1 fully saturated rings. The summed E-state index contributed by atoms with van der Waals surface area (Å²) in [6, 6.07) is 7.15. The Morgan fingerprint density at radius 2 is 2.18 bits per heavy atom. The minimum atomic E-state index is -0.148. The topological polar surface area (TPSA) is 49.4 Å². The molecule has 1 N–H and O–H groups in total. The minimum absolute atomic E-state index is 0.0717. The number of nitrogens with zero attached hydrogens (tertiary/aromatic N) is 1. The second kappa shape index (κ2) is 4.87. The Morgan fingerprint density at radius 1 is 1.47 bits per heavy atom. The summed E-state index contributed by atoms with van der Waals surface area (Å²) in [6.07, 6.45) is 0.382. The van der Waals surface area contributed by atoms with Crippen LogP contribution in [-0.2, 0) is 4.79 Å². The van der Waals surface area contributed by atoms with Gasteiger partial charge in [0.15, 0.2) is 0 Å². The third-order valence-corrected chi connectivity index (χ3v) is 3.49. The van der Waals surface area contributed by atoms with E-state index in [1.54, 1.807) is 18.0 Å². The Morgan fingerprint density at radius 3 is 2.76 bits per heavy atom. The SMILES string of the molecule is CN1CC(NC(=O)c2ccccc2Br)CC1=O. The molecule has 4 nitrogen and oxygen atoms in total. The standard InChI is InChI=1S/C12H13BrN2O2/c1-15-7-8(6-11(15)16)14-12(17)9-4-2-3-5-10(9)13/h2-5,8H,6-7H2,1H3,(H,14,17). The van der Waals surface area contributed by atoms with Crippen molar-refractivity contribution in [3.05, 3.63) is 34.3 Å². The number of hydrogen-bond donors (Lipinski definition) is 1. The van der Waals surface area contributed by atoms with E-state index in [1.165, 1.54) is 0 Å². The number of carbonyl (C=O) groups excluding carboxylic acids is 2. The smallest absolute Gasteiger partial charge is 0.252 e. The average Bonchev–Trinajstić information content (AvgIpc) is 2.58. The second-order valence-electron chi connectivity index (χ2n) is 4.13. The number of halogens is 1. The van der Waals surface area contributed by atoms with Gasteiger partial charge in [-0.2, -0.15) is 0 Å². The van der Waals surface area contributed by atoms with E-state index in [1.807, 2.05) is 18.2 Å². The predicted molar refractivity (Wildman–Crippen MR) is 67.7 cm³/mol. The molecule has 0 aromatic heterocycles. The van der Waals surface area contributed by atoms with Crippen LogP contribution in [0.1, 0.15) is 16.8 Å². The van der Waals surface area contributed by atoms with E-state index in [4.69, 9.17) is 0 Å². The van der Waals surface area contributed by atoms with Crippen LogP contribution in [0.4, 0.5) is 0 Å². The Labute approximate surface area is 108 Å². The fourth-order valence-electron chi connectivity index (χ4n) is 1.87. The van der Waals surface area contributed by atoms with Crippen molar-refractivity contribution in [2.24, 2.45) is 0 Å². The molecule has 1 atom stereocenters. The van der Waals surface area contributed by atoms with Crippen LogP contribution >= 0.6 is 15.9 Å². The van der Waals surface area contributed by atoms with E-state index >= 15 is 0 Å². The molecule has 17 heavy (non-hydrogen) atoms. The van der Waals surface area contributed by atoms with Crippen LogP contribution in [-0.4, -0.2) is 36.3 Å². The van der Waals surface area contributed by atoms with E-state index in [2.05, 4.69) is 21.2 Å². The van der Waals surface area contributed by atoms with Crippen LogP contribution in [0, 0.1) is 0 Å². The van der Waals surface area contributed by atoms with Crippen molar-refractivity contribution in [2.45, 2.75) is 12.5 Å². The lowest BCUT2D eigenvalue weighted by Gasteiger charge is -2.13. The third kappa shape index (κ3) is 2.66. The number of amides is 2. The van der Waals surface area contributed by atoms with Crippen LogP contribution in [0.25, 0.3) is 0 Å². The van der Waals surface area contributed by atoms with Gasteiger partial charge in [0.25, 0.3) is 5.91 Å². The molecule has 5 heteroatoms. The highest BCUT2D eigenvalue weighted by Crippen LogP contribution is 2.16. The molecule has 0 radical (unpaired) electrons. The fourth-order valence-corrected chi connectivity index (χ4v) is 2.33. The monoisotopic (exact) mass is 296 g/mol. The number of benzene rings is 1. The summed E-state index contributed by atoms with van der Waals surface area (Å²) in [5.74, 6) is -0.0759. The quantitative estimate of drug-likeness (QED) is 0.897. The molecule has 1 heterocycles. The first-order valence-electron chi connectivity index (χ1n) is 5.37. The molecule has 0 saturated carbocycles. The van der Waals surface area contributed by atoms with Crippen molar-refractivity contribution in [2.75, 3.05) is 13.6 Å². The van der Waals surface area contributed by atoms with Gasteiger partial charge in [0.2, 0.25) is 5.91 Å². The highest BCUT2D eigenvalue weighted by Gasteiger charge is 2.28. The number of hydrogen-bond acceptors (Lipinski definition) is 2. The highest BCUT2D eigenvalue weighted by atomic mass is 79.9. The Balaban J connectivity index is 2.03. The fraction of sp³-hybridized carbons (Fsp3) is 0.333. The molecule has 1 aliphatic heterocycles. The summed E-state index contributed by atoms with van der Waals surface area (Å²) in [6.45, 7) is 0.578. The van der Waals surface area contributed by atoms with Gasteiger partial charge in [-0.1, -0.05) is 12.1 Å². The van der Waals surface area contributed by atoms with Crippen LogP contribution in [0.2, 0.25) is 0 Å². The van der Waals surface area contributed by atoms with Crippen LogP contribution in [0.5, 0.6) is 0 Å². The van der Waals surface area contributed by atoms with Crippen molar-refractivity contribution in [3.8, 4) is 0 Å². The Kier molecular flexibility index (Phi) is 3.47. The first-order chi connectivity index (χ1) is 8.08. The Hall–Kier alpha value is -1.36. The molecule has 1 aromatic carbocycles. The number of likely N-dealkylation sites (N-methyl/N-ethyl adjacent to an activating group) is 1. The molecule has 2 amide bonds. The number of rotatable bonds is 2. The van der Waals surface area contributed by atoms with Gasteiger partial charge < -0.3 is 10.2 Å². The van der Waals surface area contributed by atoms with Gasteiger partial charge in [-0.05, 0) is 28.1 Å². The second-order valence-corrected chi connectivity index (χ2v) is 4.98. The van der Waals surface area contributed by atoms with Crippen molar-refractivity contribution in [1.29, 1.82) is 0 Å². The molecule has 2 rings (SSSR count). The van der Waals surface area contributed by atoms with Crippen molar-refractivity contribution < 1.29 is 9.59 Å². The van der Waals surface area contributed by atoms with Crippen LogP contribution < -0.4 is 5.32 Å². The molecule has 0 aliphatic carbocycles. The predicted octanol–water partition coefficient (Wildman–Crippen LogP) is 1.41. The van der Waals surface area contributed by atoms with Crippen molar-refractivity contribution >= 4 is 27.7 Å². The lowest BCUT2D eigenvalue weighted by atomic mass is 10.2. The van der Waals surface area contributed by atoms with Crippen molar-refractivity contribution in [3.63, 3.8) is 0 Å². The zero-order chi connectivity index (χ0) is 12.4. The van der Waals surface area contributed by atoms with Gasteiger partial charge in [-0.3, -0.25) is 9.59 Å². The van der Waals surface area contributed by atoms with Gasteiger partial charge >= 0.3 is 0 Å². The van der Waals surface area contributed by atoms with E-state index < -0.39 is 0 Å². The van der Waals surface area contributed by atoms with Gasteiger partial charge in [0, 0.05) is 24.5 Å². The molecule has 0 bridgehead atoms. The lowest BCUT2D eigenvalue weighted by Crippen LogP contribution is -2.36. The summed E-state index contributed by atoms with van der Waals surface area (Å²) in [4.78, 5) is 24.9.